The van der Waals surface area contributed by atoms with Crippen molar-refractivity contribution in [3.05, 3.63) is 36.3 Å². The van der Waals surface area contributed by atoms with Crippen molar-refractivity contribution in [1.82, 2.24) is 14.7 Å². The number of aromatic hydroxyl groups is 1. The van der Waals surface area contributed by atoms with Crippen LogP contribution >= 0.6 is 24.8 Å². The monoisotopic (exact) mass is 361 g/mol. The average molecular weight is 362 g/mol. The molecule has 0 atom stereocenters. The van der Waals surface area contributed by atoms with Gasteiger partial charge in [0.2, 0.25) is 5.88 Å². The summed E-state index contributed by atoms with van der Waals surface area (Å²) in [5, 5.41) is 14.1. The van der Waals surface area contributed by atoms with Crippen molar-refractivity contribution < 1.29 is 9.50 Å². The molecule has 128 valence electrons. The van der Waals surface area contributed by atoms with E-state index < -0.39 is 0 Å². The molecule has 3 rings (SSSR count). The molecule has 1 aromatic heterocycles. The van der Waals surface area contributed by atoms with Gasteiger partial charge in [0, 0.05) is 12.7 Å². The lowest BCUT2D eigenvalue weighted by molar-refractivity contribution is 0.217. The van der Waals surface area contributed by atoms with Gasteiger partial charge >= 0.3 is 0 Å². The van der Waals surface area contributed by atoms with Crippen LogP contribution < -0.4 is 0 Å². The third-order valence-electron chi connectivity index (χ3n) is 3.97. The summed E-state index contributed by atoms with van der Waals surface area (Å²) >= 11 is 0. The molecule has 4 nitrogen and oxygen atoms in total. The summed E-state index contributed by atoms with van der Waals surface area (Å²) in [6, 6.07) is 6.21. The number of likely N-dealkylation sites (tertiary alicyclic amines) is 1. The molecule has 23 heavy (non-hydrogen) atoms. The van der Waals surface area contributed by atoms with Gasteiger partial charge in [0.1, 0.15) is 5.82 Å². The first-order valence-corrected chi connectivity index (χ1v) is 7.47. The number of rotatable bonds is 4. The summed E-state index contributed by atoms with van der Waals surface area (Å²) in [7, 11) is 0. The Morgan fingerprint density at radius 1 is 1.09 bits per heavy atom. The van der Waals surface area contributed by atoms with E-state index in [2.05, 4.69) is 10.00 Å². The molecule has 1 N–H and O–H groups in total. The van der Waals surface area contributed by atoms with Crippen LogP contribution in [0.25, 0.3) is 11.1 Å². The Hall–Kier alpha value is -1.30. The fourth-order valence-corrected chi connectivity index (χ4v) is 2.81. The Bertz CT molecular complexity index is 615. The first-order chi connectivity index (χ1) is 10.2. The van der Waals surface area contributed by atoms with Crippen molar-refractivity contribution in [2.75, 3.05) is 19.6 Å². The topological polar surface area (TPSA) is 41.3 Å². The van der Waals surface area contributed by atoms with Crippen molar-refractivity contribution in [3.63, 3.8) is 0 Å². The number of aromatic nitrogens is 2. The molecule has 0 radical (unpaired) electrons. The van der Waals surface area contributed by atoms with Crippen LogP contribution in [0.5, 0.6) is 5.88 Å². The molecule has 1 aliphatic heterocycles. The third kappa shape index (κ3) is 5.09. The summed E-state index contributed by atoms with van der Waals surface area (Å²) in [6.07, 6.45) is 5.63. The second-order valence-electron chi connectivity index (χ2n) is 5.54. The highest BCUT2D eigenvalue weighted by atomic mass is 35.5. The highest BCUT2D eigenvalue weighted by Gasteiger charge is 2.13. The molecule has 1 fully saturated rings. The van der Waals surface area contributed by atoms with Gasteiger partial charge in [-0.1, -0.05) is 18.6 Å². The van der Waals surface area contributed by atoms with Gasteiger partial charge in [0.05, 0.1) is 12.1 Å². The summed E-state index contributed by atoms with van der Waals surface area (Å²) in [4.78, 5) is 2.42. The van der Waals surface area contributed by atoms with Gasteiger partial charge in [0.15, 0.2) is 0 Å². The number of hydrogen-bond donors (Lipinski definition) is 1. The maximum absolute atomic E-state index is 13.3. The Kier molecular flexibility index (Phi) is 7.82. The van der Waals surface area contributed by atoms with Crippen molar-refractivity contribution in [2.24, 2.45) is 0 Å². The molecule has 7 heteroatoms. The second-order valence-corrected chi connectivity index (χ2v) is 5.54. The predicted octanol–water partition coefficient (Wildman–Crippen LogP) is 3.72. The lowest BCUT2D eigenvalue weighted by Crippen LogP contribution is -2.32. The van der Waals surface area contributed by atoms with Gasteiger partial charge in [-0.25, -0.2) is 4.39 Å². The minimum Gasteiger partial charge on any atom is -0.492 e. The van der Waals surface area contributed by atoms with Crippen LogP contribution in [0.3, 0.4) is 0 Å². The van der Waals surface area contributed by atoms with Crippen molar-refractivity contribution >= 4 is 24.8 Å². The smallest absolute Gasteiger partial charge is 0.238 e. The Balaban J connectivity index is 0.00000132. The zero-order valence-electron chi connectivity index (χ0n) is 12.8. The summed E-state index contributed by atoms with van der Waals surface area (Å²) in [6.45, 7) is 3.96. The van der Waals surface area contributed by atoms with Gasteiger partial charge in [-0.15, -0.1) is 29.9 Å². The van der Waals surface area contributed by atoms with E-state index >= 15 is 0 Å². The molecule has 2 heterocycles. The van der Waals surface area contributed by atoms with Gasteiger partial charge in [-0.05, 0) is 43.6 Å². The fourth-order valence-electron chi connectivity index (χ4n) is 2.81. The summed E-state index contributed by atoms with van der Waals surface area (Å²) in [5.41, 5.74) is 1.23. The lowest BCUT2D eigenvalue weighted by atomic mass is 10.1. The van der Waals surface area contributed by atoms with Crippen molar-refractivity contribution in [2.45, 2.75) is 25.8 Å². The molecule has 1 aliphatic rings. The Labute approximate surface area is 148 Å². The maximum Gasteiger partial charge on any atom is 0.238 e. The van der Waals surface area contributed by atoms with E-state index in [1.807, 2.05) is 0 Å². The average Bonchev–Trinajstić information content (AvgIpc) is 2.87. The highest BCUT2D eigenvalue weighted by molar-refractivity contribution is 5.85. The maximum atomic E-state index is 13.3. The highest BCUT2D eigenvalue weighted by Crippen LogP contribution is 2.28. The van der Waals surface area contributed by atoms with Gasteiger partial charge in [0.25, 0.3) is 0 Å². The predicted molar refractivity (Wildman–Crippen MR) is 94.1 cm³/mol. The molecule has 0 unspecified atom stereocenters. The Morgan fingerprint density at radius 3 is 2.52 bits per heavy atom. The summed E-state index contributed by atoms with van der Waals surface area (Å²) in [5.74, 6) is -0.354. The number of nitrogens with zero attached hydrogens (tertiary/aromatic N) is 3. The molecule has 0 aliphatic carbocycles. The van der Waals surface area contributed by atoms with Crippen LogP contribution in [-0.4, -0.2) is 39.4 Å². The third-order valence-corrected chi connectivity index (χ3v) is 3.97. The summed E-state index contributed by atoms with van der Waals surface area (Å²) < 4.78 is 15.0. The van der Waals surface area contributed by atoms with Crippen molar-refractivity contribution in [1.29, 1.82) is 0 Å². The van der Waals surface area contributed by atoms with Crippen LogP contribution in [0.2, 0.25) is 0 Å². The molecule has 0 bridgehead atoms. The lowest BCUT2D eigenvalue weighted by Gasteiger charge is -2.26. The SMILES string of the molecule is Cl.Cl.Oc1nn(CCN2CCCCC2)cc1-c1cccc(F)c1. The molecule has 1 aromatic carbocycles. The largest absolute Gasteiger partial charge is 0.492 e. The molecule has 2 aromatic rings. The van der Waals surface area contributed by atoms with Crippen LogP contribution in [-0.2, 0) is 6.54 Å². The molecule has 1 saturated heterocycles. The first kappa shape index (κ1) is 19.7. The van der Waals surface area contributed by atoms with Crippen LogP contribution in [0, 0.1) is 5.82 Å². The normalized spacial score (nSPS) is 14.8. The standard InChI is InChI=1S/C16H20FN3O.2ClH/c17-14-6-4-5-13(11-14)15-12-20(18-16(15)21)10-9-19-7-2-1-3-8-19;;/h4-6,11-12H,1-3,7-10H2,(H,18,21);2*1H. The molecular weight excluding hydrogens is 340 g/mol. The van der Waals surface area contributed by atoms with E-state index in [9.17, 15) is 9.50 Å². The quantitative estimate of drug-likeness (QED) is 0.901. The van der Waals surface area contributed by atoms with Crippen LogP contribution in [0.15, 0.2) is 30.5 Å². The van der Waals surface area contributed by atoms with E-state index in [-0.39, 0.29) is 36.5 Å². The number of benzene rings is 1. The van der Waals surface area contributed by atoms with E-state index in [1.165, 1.54) is 31.4 Å². The number of hydrogen-bond acceptors (Lipinski definition) is 3. The van der Waals surface area contributed by atoms with E-state index in [0.717, 1.165) is 26.2 Å². The molecule has 0 spiro atoms. The molecular formula is C16H22Cl2FN3O. The van der Waals surface area contributed by atoms with Crippen LogP contribution in [0.1, 0.15) is 19.3 Å². The van der Waals surface area contributed by atoms with Gasteiger partial charge in [-0.3, -0.25) is 4.68 Å². The first-order valence-electron chi connectivity index (χ1n) is 7.47. The minimum absolute atomic E-state index is 0. The fraction of sp³-hybridized carbons (Fsp3) is 0.438. The van der Waals surface area contributed by atoms with E-state index in [0.29, 0.717) is 11.1 Å². The Morgan fingerprint density at radius 2 is 1.83 bits per heavy atom. The molecule has 0 amide bonds. The zero-order chi connectivity index (χ0) is 14.7. The van der Waals surface area contributed by atoms with Gasteiger partial charge < -0.3 is 10.0 Å². The number of piperidine rings is 1. The van der Waals surface area contributed by atoms with E-state index in [1.54, 1.807) is 23.0 Å². The van der Waals surface area contributed by atoms with Crippen LogP contribution in [0.4, 0.5) is 4.39 Å². The second kappa shape index (κ2) is 9.11. The van der Waals surface area contributed by atoms with Gasteiger partial charge in [-0.2, -0.15) is 0 Å². The van der Waals surface area contributed by atoms with Crippen molar-refractivity contribution in [3.8, 4) is 17.0 Å². The molecule has 0 saturated carbocycles. The number of halogens is 3. The minimum atomic E-state index is -0.312. The van der Waals surface area contributed by atoms with E-state index in [4.69, 9.17) is 0 Å². The zero-order valence-corrected chi connectivity index (χ0v) is 14.5.